The van der Waals surface area contributed by atoms with E-state index >= 15 is 0 Å². The number of halogens is 1. The molecule has 0 aliphatic heterocycles. The number of nitrogens with zero attached hydrogens (tertiary/aromatic N) is 2. The molecule has 0 radical (unpaired) electrons. The molecule has 5 heteroatoms. The first kappa shape index (κ1) is 9.73. The van der Waals surface area contributed by atoms with Crippen molar-refractivity contribution in [3.8, 4) is 0 Å². The molecule has 3 N–H and O–H groups in total. The van der Waals surface area contributed by atoms with Gasteiger partial charge >= 0.3 is 0 Å². The molecule has 2 rings (SSSR count). The van der Waals surface area contributed by atoms with Gasteiger partial charge in [-0.05, 0) is 12.1 Å². The number of nitrogens with one attached hydrogen (secondary N) is 1. The molecule has 1 aromatic heterocycles. The Kier molecular flexibility index (Phi) is 2.69. The van der Waals surface area contributed by atoms with Crippen molar-refractivity contribution in [2.75, 3.05) is 11.1 Å². The fourth-order valence-electron chi connectivity index (χ4n) is 1.16. The lowest BCUT2D eigenvalue weighted by Crippen LogP contribution is -2.00. The summed E-state index contributed by atoms with van der Waals surface area (Å²) in [5, 5.41) is 3.37. The maximum absolute atomic E-state index is 5.89. The minimum absolute atomic E-state index is 0.311. The molecule has 4 nitrogen and oxygen atoms in total. The molecule has 0 amide bonds. The molecule has 0 fully saturated rings. The van der Waals surface area contributed by atoms with Crippen LogP contribution in [0.2, 0.25) is 5.15 Å². The molecule has 0 bridgehead atoms. The van der Waals surface area contributed by atoms with Crippen molar-refractivity contribution in [2.45, 2.75) is 0 Å². The monoisotopic (exact) mass is 220 g/mol. The average Bonchev–Trinajstić information content (AvgIpc) is 2.25. The van der Waals surface area contributed by atoms with Crippen LogP contribution < -0.4 is 11.1 Å². The first-order valence-electron chi connectivity index (χ1n) is 4.35. The van der Waals surface area contributed by atoms with Crippen LogP contribution in [0.15, 0.2) is 36.7 Å². The summed E-state index contributed by atoms with van der Waals surface area (Å²) < 4.78 is 0. The molecule has 15 heavy (non-hydrogen) atoms. The number of aromatic nitrogens is 2. The molecule has 0 saturated carbocycles. The smallest absolute Gasteiger partial charge is 0.158 e. The van der Waals surface area contributed by atoms with Crippen LogP contribution in [-0.4, -0.2) is 9.97 Å². The first-order valence-corrected chi connectivity index (χ1v) is 4.73. The fourth-order valence-corrected chi connectivity index (χ4v) is 1.35. The molecule has 1 heterocycles. The third-order valence-electron chi connectivity index (χ3n) is 1.87. The van der Waals surface area contributed by atoms with Gasteiger partial charge in [-0.3, -0.25) is 0 Å². The van der Waals surface area contributed by atoms with E-state index in [1.807, 2.05) is 30.3 Å². The third-order valence-corrected chi connectivity index (χ3v) is 2.16. The highest BCUT2D eigenvalue weighted by atomic mass is 35.5. The Morgan fingerprint density at radius 3 is 2.53 bits per heavy atom. The number of nitrogen functional groups attached to an aromatic ring is 1. The van der Waals surface area contributed by atoms with E-state index in [0.717, 1.165) is 5.69 Å². The van der Waals surface area contributed by atoms with Gasteiger partial charge in [-0.1, -0.05) is 29.8 Å². The van der Waals surface area contributed by atoms with Crippen LogP contribution >= 0.6 is 11.6 Å². The largest absolute Gasteiger partial charge is 0.382 e. The van der Waals surface area contributed by atoms with Crippen molar-refractivity contribution in [2.24, 2.45) is 0 Å². The van der Waals surface area contributed by atoms with Gasteiger partial charge in [-0.15, -0.1) is 0 Å². The van der Waals surface area contributed by atoms with Crippen molar-refractivity contribution < 1.29 is 0 Å². The number of nitrogens with two attached hydrogens (primary N) is 1. The average molecular weight is 221 g/mol. The van der Waals surface area contributed by atoms with E-state index in [-0.39, 0.29) is 0 Å². The number of hydrogen-bond acceptors (Lipinski definition) is 4. The summed E-state index contributed by atoms with van der Waals surface area (Å²) in [6.07, 6.45) is 1.33. The zero-order chi connectivity index (χ0) is 10.7. The molecule has 0 aliphatic rings. The van der Waals surface area contributed by atoms with E-state index in [9.17, 15) is 0 Å². The van der Waals surface area contributed by atoms with Crippen molar-refractivity contribution in [3.05, 3.63) is 41.8 Å². The summed E-state index contributed by atoms with van der Waals surface area (Å²) in [4.78, 5) is 7.70. The lowest BCUT2D eigenvalue weighted by atomic mass is 10.3. The summed E-state index contributed by atoms with van der Waals surface area (Å²) in [7, 11) is 0. The Balaban J connectivity index is 2.32. The molecule has 0 unspecified atom stereocenters. The predicted molar refractivity (Wildman–Crippen MR) is 61.2 cm³/mol. The minimum atomic E-state index is 0.311. The second-order valence-corrected chi connectivity index (χ2v) is 3.27. The molecule has 0 saturated heterocycles. The number of para-hydroxylation sites is 1. The number of benzene rings is 1. The van der Waals surface area contributed by atoms with Crippen LogP contribution in [0, 0.1) is 0 Å². The van der Waals surface area contributed by atoms with Crippen LogP contribution in [0.25, 0.3) is 0 Å². The Labute approximate surface area is 92.1 Å². The van der Waals surface area contributed by atoms with E-state index in [4.69, 9.17) is 17.3 Å². The van der Waals surface area contributed by atoms with Gasteiger partial charge < -0.3 is 11.1 Å². The molecular formula is C10H9ClN4. The van der Waals surface area contributed by atoms with E-state index in [1.54, 1.807) is 0 Å². The van der Waals surface area contributed by atoms with Gasteiger partial charge in [0.05, 0.1) is 0 Å². The van der Waals surface area contributed by atoms with E-state index in [1.165, 1.54) is 6.33 Å². The summed E-state index contributed by atoms with van der Waals surface area (Å²) in [6.45, 7) is 0. The maximum Gasteiger partial charge on any atom is 0.158 e. The number of rotatable bonds is 2. The van der Waals surface area contributed by atoms with Crippen LogP contribution in [0.4, 0.5) is 17.2 Å². The van der Waals surface area contributed by atoms with E-state index in [2.05, 4.69) is 15.3 Å². The second kappa shape index (κ2) is 4.14. The van der Waals surface area contributed by atoms with Crippen LogP contribution in [0.1, 0.15) is 0 Å². The summed E-state index contributed by atoms with van der Waals surface area (Å²) in [6, 6.07) is 9.57. The van der Waals surface area contributed by atoms with Crippen molar-refractivity contribution >= 4 is 28.8 Å². The Morgan fingerprint density at radius 2 is 1.87 bits per heavy atom. The molecule has 0 atom stereocenters. The topological polar surface area (TPSA) is 63.8 Å². The van der Waals surface area contributed by atoms with Crippen LogP contribution in [0.5, 0.6) is 0 Å². The predicted octanol–water partition coefficient (Wildman–Crippen LogP) is 2.46. The highest BCUT2D eigenvalue weighted by Gasteiger charge is 2.06. The van der Waals surface area contributed by atoms with E-state index < -0.39 is 0 Å². The van der Waals surface area contributed by atoms with Gasteiger partial charge in [-0.25, -0.2) is 9.97 Å². The fraction of sp³-hybridized carbons (Fsp3) is 0. The molecule has 0 spiro atoms. The van der Waals surface area contributed by atoms with Crippen molar-refractivity contribution in [3.63, 3.8) is 0 Å². The molecule has 76 valence electrons. The van der Waals surface area contributed by atoms with Gasteiger partial charge in [0.1, 0.15) is 12.0 Å². The number of anilines is 3. The van der Waals surface area contributed by atoms with Gasteiger partial charge in [0, 0.05) is 5.69 Å². The summed E-state index contributed by atoms with van der Waals surface area (Å²) in [5.74, 6) is 0.332. The first-order chi connectivity index (χ1) is 7.27. The Morgan fingerprint density at radius 1 is 1.13 bits per heavy atom. The lowest BCUT2D eigenvalue weighted by molar-refractivity contribution is 1.18. The second-order valence-electron chi connectivity index (χ2n) is 2.92. The van der Waals surface area contributed by atoms with Gasteiger partial charge in [0.2, 0.25) is 0 Å². The molecular weight excluding hydrogens is 212 g/mol. The van der Waals surface area contributed by atoms with Gasteiger partial charge in [0.25, 0.3) is 0 Å². The minimum Gasteiger partial charge on any atom is -0.382 e. The highest BCUT2D eigenvalue weighted by molar-refractivity contribution is 6.32. The lowest BCUT2D eigenvalue weighted by Gasteiger charge is -2.08. The maximum atomic E-state index is 5.89. The molecule has 2 aromatic rings. The third kappa shape index (κ3) is 2.16. The Bertz CT molecular complexity index is 438. The summed E-state index contributed by atoms with van der Waals surface area (Å²) >= 11 is 5.89. The normalized spacial score (nSPS) is 9.93. The highest BCUT2D eigenvalue weighted by Crippen LogP contribution is 2.26. The molecule has 0 aliphatic carbocycles. The van der Waals surface area contributed by atoms with E-state index in [0.29, 0.717) is 16.7 Å². The molecule has 1 aromatic carbocycles. The Hall–Kier alpha value is -1.81. The quantitative estimate of drug-likeness (QED) is 0.764. The zero-order valence-corrected chi connectivity index (χ0v) is 8.57. The van der Waals surface area contributed by atoms with Crippen LogP contribution in [-0.2, 0) is 0 Å². The van der Waals surface area contributed by atoms with Crippen molar-refractivity contribution in [1.82, 2.24) is 9.97 Å². The summed E-state index contributed by atoms with van der Waals surface area (Å²) in [5.41, 5.74) is 7.09. The zero-order valence-electron chi connectivity index (χ0n) is 7.81. The van der Waals surface area contributed by atoms with Gasteiger partial charge in [-0.2, -0.15) is 0 Å². The van der Waals surface area contributed by atoms with Crippen LogP contribution in [0.3, 0.4) is 0 Å². The van der Waals surface area contributed by atoms with Crippen molar-refractivity contribution in [1.29, 1.82) is 0 Å². The number of hydrogen-bond donors (Lipinski definition) is 2. The SMILES string of the molecule is Nc1ncnc(Cl)c1Nc1ccccc1. The standard InChI is InChI=1S/C10H9ClN4/c11-9-8(10(12)14-6-13-9)15-7-4-2-1-3-5-7/h1-6,15H,(H2,12,13,14). The van der Waals surface area contributed by atoms with Gasteiger partial charge in [0.15, 0.2) is 11.0 Å².